The van der Waals surface area contributed by atoms with Crippen LogP contribution < -0.4 is 5.32 Å². The van der Waals surface area contributed by atoms with Crippen LogP contribution in [0.5, 0.6) is 0 Å². The molecular weight excluding hydrogens is 302 g/mol. The van der Waals surface area contributed by atoms with Crippen LogP contribution in [0.3, 0.4) is 0 Å². The molecule has 2 atom stereocenters. The second kappa shape index (κ2) is 6.13. The fourth-order valence-corrected chi connectivity index (χ4v) is 4.49. The number of hydrogen-bond acceptors (Lipinski definition) is 6. The topological polar surface area (TPSA) is 89.8 Å². The number of hydrogen-bond donors (Lipinski definition) is 1. The van der Waals surface area contributed by atoms with E-state index in [1.165, 1.54) is 0 Å². The summed E-state index contributed by atoms with van der Waals surface area (Å²) in [6, 6.07) is 7.97. The lowest BCUT2D eigenvalue weighted by atomic mass is 10.1. The molecule has 8 heteroatoms. The van der Waals surface area contributed by atoms with Crippen LogP contribution in [0.25, 0.3) is 5.69 Å². The first kappa shape index (κ1) is 15.1. The molecule has 1 N–H and O–H groups in total. The zero-order valence-electron chi connectivity index (χ0n) is 12.4. The van der Waals surface area contributed by atoms with E-state index in [9.17, 15) is 8.42 Å². The summed E-state index contributed by atoms with van der Waals surface area (Å²) in [5.74, 6) is 0.328. The van der Waals surface area contributed by atoms with Crippen molar-refractivity contribution >= 4 is 9.84 Å². The summed E-state index contributed by atoms with van der Waals surface area (Å²) in [5, 5.41) is 14.1. The van der Waals surface area contributed by atoms with E-state index in [4.69, 9.17) is 0 Å². The Balaban J connectivity index is 1.62. The maximum absolute atomic E-state index is 11.8. The third-order valence-electron chi connectivity index (χ3n) is 4.12. The Hall–Kier alpha value is -1.80. The van der Waals surface area contributed by atoms with Crippen molar-refractivity contribution < 1.29 is 8.42 Å². The summed E-state index contributed by atoms with van der Waals surface area (Å²) < 4.78 is 25.2. The maximum Gasteiger partial charge on any atom is 0.154 e. The van der Waals surface area contributed by atoms with Crippen molar-refractivity contribution in [3.8, 4) is 5.69 Å². The predicted octanol–water partition coefficient (Wildman–Crippen LogP) is 0.890. The molecule has 0 saturated carbocycles. The highest BCUT2D eigenvalue weighted by Crippen LogP contribution is 2.21. The van der Waals surface area contributed by atoms with E-state index in [-0.39, 0.29) is 11.3 Å². The average molecular weight is 321 g/mol. The van der Waals surface area contributed by atoms with Crippen LogP contribution in [0.4, 0.5) is 0 Å². The highest BCUT2D eigenvalue weighted by molar-refractivity contribution is 7.92. The first-order chi connectivity index (χ1) is 10.6. The number of sulfone groups is 1. The number of tetrazole rings is 1. The smallest absolute Gasteiger partial charge is 0.154 e. The molecule has 2 heterocycles. The molecule has 1 aromatic heterocycles. The minimum Gasteiger partial charge on any atom is -0.309 e. The van der Waals surface area contributed by atoms with Gasteiger partial charge in [0.25, 0.3) is 0 Å². The third kappa shape index (κ3) is 3.17. The van der Waals surface area contributed by atoms with Gasteiger partial charge >= 0.3 is 0 Å². The van der Waals surface area contributed by atoms with Gasteiger partial charge in [0.15, 0.2) is 9.84 Å². The Labute approximate surface area is 129 Å². The normalized spacial score (nSPS) is 21.8. The number of aromatic nitrogens is 4. The molecule has 0 aliphatic carbocycles. The number of nitrogens with one attached hydrogen (secondary N) is 1. The lowest BCUT2D eigenvalue weighted by Gasteiger charge is -2.17. The van der Waals surface area contributed by atoms with Crippen molar-refractivity contribution in [2.45, 2.75) is 31.1 Å². The number of nitrogens with zero attached hydrogens (tertiary/aromatic N) is 4. The van der Waals surface area contributed by atoms with Gasteiger partial charge in [-0.2, -0.15) is 0 Å². The Bertz CT molecular complexity index is 712. The fourth-order valence-electron chi connectivity index (χ4n) is 2.71. The van der Waals surface area contributed by atoms with Gasteiger partial charge in [0, 0.05) is 12.6 Å². The van der Waals surface area contributed by atoms with Crippen molar-refractivity contribution in [2.24, 2.45) is 0 Å². The van der Waals surface area contributed by atoms with E-state index in [0.29, 0.717) is 12.3 Å². The largest absolute Gasteiger partial charge is 0.309 e. The Morgan fingerprint density at radius 1 is 1.36 bits per heavy atom. The zero-order valence-corrected chi connectivity index (χ0v) is 13.2. The monoisotopic (exact) mass is 321 g/mol. The molecule has 22 heavy (non-hydrogen) atoms. The summed E-state index contributed by atoms with van der Waals surface area (Å²) in [5.41, 5.74) is 1.99. The summed E-state index contributed by atoms with van der Waals surface area (Å²) in [4.78, 5) is 0. The lowest BCUT2D eigenvalue weighted by molar-refractivity contribution is 0.538. The molecule has 0 radical (unpaired) electrons. The number of rotatable bonds is 5. The van der Waals surface area contributed by atoms with Gasteiger partial charge in [-0.15, -0.1) is 5.10 Å². The Morgan fingerprint density at radius 3 is 2.73 bits per heavy atom. The van der Waals surface area contributed by atoms with Gasteiger partial charge in [-0.1, -0.05) is 12.1 Å². The van der Waals surface area contributed by atoms with Crippen LogP contribution >= 0.6 is 0 Å². The Kier molecular flexibility index (Phi) is 4.21. The molecule has 0 bridgehead atoms. The first-order valence-electron chi connectivity index (χ1n) is 7.34. The van der Waals surface area contributed by atoms with Crippen LogP contribution in [0.1, 0.15) is 31.4 Å². The van der Waals surface area contributed by atoms with E-state index >= 15 is 0 Å². The van der Waals surface area contributed by atoms with Gasteiger partial charge in [0.05, 0.1) is 16.7 Å². The zero-order chi connectivity index (χ0) is 15.6. The summed E-state index contributed by atoms with van der Waals surface area (Å²) in [7, 11) is -2.89. The van der Waals surface area contributed by atoms with Crippen LogP contribution in [0.15, 0.2) is 30.6 Å². The van der Waals surface area contributed by atoms with E-state index in [0.717, 1.165) is 24.1 Å². The molecule has 2 aromatic rings. The molecular formula is C14H19N5O2S. The molecule has 118 valence electrons. The molecule has 0 spiro atoms. The van der Waals surface area contributed by atoms with Gasteiger partial charge in [0.2, 0.25) is 0 Å². The SMILES string of the molecule is C[C@@H](NC[C@@H]1CCCS1(=O)=O)c1ccc(-n2cnnn2)cc1. The molecule has 1 aliphatic rings. The second-order valence-electron chi connectivity index (χ2n) is 5.61. The molecule has 7 nitrogen and oxygen atoms in total. The third-order valence-corrected chi connectivity index (χ3v) is 6.40. The molecule has 3 rings (SSSR count). The predicted molar refractivity (Wildman–Crippen MR) is 82.4 cm³/mol. The van der Waals surface area contributed by atoms with Crippen molar-refractivity contribution in [2.75, 3.05) is 12.3 Å². The number of benzene rings is 1. The second-order valence-corrected chi connectivity index (χ2v) is 8.01. The highest BCUT2D eigenvalue weighted by atomic mass is 32.2. The van der Waals surface area contributed by atoms with Crippen molar-refractivity contribution in [1.82, 2.24) is 25.5 Å². The van der Waals surface area contributed by atoms with Crippen LogP contribution in [-0.4, -0.2) is 46.2 Å². The molecule has 0 amide bonds. The average Bonchev–Trinajstić information content (AvgIpc) is 3.14. The summed E-state index contributed by atoms with van der Waals surface area (Å²) in [6.45, 7) is 2.55. The van der Waals surface area contributed by atoms with Gasteiger partial charge in [-0.25, -0.2) is 13.1 Å². The van der Waals surface area contributed by atoms with E-state index in [2.05, 4.69) is 20.8 Å². The Morgan fingerprint density at radius 2 is 2.14 bits per heavy atom. The first-order valence-corrected chi connectivity index (χ1v) is 9.06. The summed E-state index contributed by atoms with van der Waals surface area (Å²) in [6.07, 6.45) is 3.09. The summed E-state index contributed by atoms with van der Waals surface area (Å²) >= 11 is 0. The van der Waals surface area contributed by atoms with Crippen molar-refractivity contribution in [1.29, 1.82) is 0 Å². The minimum atomic E-state index is -2.89. The molecule has 1 fully saturated rings. The van der Waals surface area contributed by atoms with Gasteiger partial charge in [0.1, 0.15) is 6.33 Å². The molecule has 1 aliphatic heterocycles. The highest BCUT2D eigenvalue weighted by Gasteiger charge is 2.31. The lowest BCUT2D eigenvalue weighted by Crippen LogP contribution is -2.32. The van der Waals surface area contributed by atoms with Crippen molar-refractivity contribution in [3.05, 3.63) is 36.2 Å². The van der Waals surface area contributed by atoms with Crippen LogP contribution in [0, 0.1) is 0 Å². The quantitative estimate of drug-likeness (QED) is 0.879. The minimum absolute atomic E-state index is 0.0960. The van der Waals surface area contributed by atoms with Gasteiger partial charge < -0.3 is 5.32 Å². The molecule has 0 unspecified atom stereocenters. The maximum atomic E-state index is 11.8. The van der Waals surface area contributed by atoms with Crippen LogP contribution in [0.2, 0.25) is 0 Å². The van der Waals surface area contributed by atoms with Gasteiger partial charge in [-0.05, 0) is 47.9 Å². The van der Waals surface area contributed by atoms with Gasteiger partial charge in [-0.3, -0.25) is 0 Å². The van der Waals surface area contributed by atoms with E-state index in [1.54, 1.807) is 11.0 Å². The van der Waals surface area contributed by atoms with E-state index in [1.807, 2.05) is 31.2 Å². The van der Waals surface area contributed by atoms with Crippen molar-refractivity contribution in [3.63, 3.8) is 0 Å². The molecule has 1 aromatic carbocycles. The standard InChI is InChI=1S/C14H19N5O2S/c1-11(15-9-14-3-2-8-22(14,20)21)12-4-6-13(7-5-12)19-10-16-17-18-19/h4-7,10-11,14-15H,2-3,8-9H2,1H3/t11-,14+/m1/s1. The van der Waals surface area contributed by atoms with Crippen LogP contribution in [-0.2, 0) is 9.84 Å². The molecule has 1 saturated heterocycles. The van der Waals surface area contributed by atoms with E-state index < -0.39 is 9.84 Å². The fraction of sp³-hybridized carbons (Fsp3) is 0.500.